The van der Waals surface area contributed by atoms with Gasteiger partial charge >= 0.3 is 11.9 Å². The molecule has 0 aliphatic carbocycles. The van der Waals surface area contributed by atoms with Crippen LogP contribution in [0, 0.1) is 6.92 Å². The van der Waals surface area contributed by atoms with E-state index in [9.17, 15) is 18.0 Å². The van der Waals surface area contributed by atoms with Gasteiger partial charge in [0.05, 0.1) is 18.4 Å². The zero-order valence-electron chi connectivity index (χ0n) is 12.4. The van der Waals surface area contributed by atoms with Gasteiger partial charge in [-0.15, -0.1) is 0 Å². The van der Waals surface area contributed by atoms with Crippen LogP contribution in [-0.4, -0.2) is 38.6 Å². The molecule has 1 atom stereocenters. The van der Waals surface area contributed by atoms with Gasteiger partial charge in [0.15, 0.2) is 0 Å². The van der Waals surface area contributed by atoms with Crippen molar-refractivity contribution in [3.63, 3.8) is 0 Å². The second kappa shape index (κ2) is 7.90. The predicted molar refractivity (Wildman–Crippen MR) is 78.8 cm³/mol. The summed E-state index contributed by atoms with van der Waals surface area (Å²) in [5, 5.41) is 8.86. The summed E-state index contributed by atoms with van der Waals surface area (Å²) in [5.74, 6) is -1.67. The maximum atomic E-state index is 12.2. The highest BCUT2D eigenvalue weighted by Gasteiger charge is 2.23. The SMILES string of the molecule is COC(=O)CCC(CC(=O)O)NS(=O)(=O)c1ccc(C)cc1. The third kappa shape index (κ3) is 5.82. The van der Waals surface area contributed by atoms with E-state index < -0.39 is 34.4 Å². The molecule has 7 nitrogen and oxygen atoms in total. The van der Waals surface area contributed by atoms with Crippen LogP contribution in [0.5, 0.6) is 0 Å². The minimum atomic E-state index is -3.84. The zero-order valence-corrected chi connectivity index (χ0v) is 13.2. The van der Waals surface area contributed by atoms with Crippen molar-refractivity contribution in [2.45, 2.75) is 37.1 Å². The monoisotopic (exact) mass is 329 g/mol. The lowest BCUT2D eigenvalue weighted by Crippen LogP contribution is -2.37. The van der Waals surface area contributed by atoms with Crippen molar-refractivity contribution in [1.82, 2.24) is 4.72 Å². The average molecular weight is 329 g/mol. The fraction of sp³-hybridized carbons (Fsp3) is 0.429. The fourth-order valence-electron chi connectivity index (χ4n) is 1.81. The van der Waals surface area contributed by atoms with Gasteiger partial charge in [-0.05, 0) is 25.5 Å². The van der Waals surface area contributed by atoms with Crippen LogP contribution in [-0.2, 0) is 24.3 Å². The minimum Gasteiger partial charge on any atom is -0.481 e. The molecule has 0 amide bonds. The largest absolute Gasteiger partial charge is 0.481 e. The molecule has 2 N–H and O–H groups in total. The lowest BCUT2D eigenvalue weighted by molar-refractivity contribution is -0.142. The van der Waals surface area contributed by atoms with Crippen LogP contribution in [0.15, 0.2) is 29.2 Å². The summed E-state index contributed by atoms with van der Waals surface area (Å²) in [7, 11) is -2.63. The molecule has 8 heteroatoms. The van der Waals surface area contributed by atoms with Crippen LogP contribution in [0.1, 0.15) is 24.8 Å². The Kier molecular flexibility index (Phi) is 6.51. The first-order valence-electron chi connectivity index (χ1n) is 6.62. The van der Waals surface area contributed by atoms with Gasteiger partial charge < -0.3 is 9.84 Å². The summed E-state index contributed by atoms with van der Waals surface area (Å²) in [6.45, 7) is 1.83. The summed E-state index contributed by atoms with van der Waals surface area (Å²) >= 11 is 0. The number of carboxylic acid groups (broad SMARTS) is 1. The molecule has 0 bridgehead atoms. The number of hydrogen-bond donors (Lipinski definition) is 2. The quantitative estimate of drug-likeness (QED) is 0.690. The average Bonchev–Trinajstić information content (AvgIpc) is 2.44. The first kappa shape index (κ1) is 18.1. The Hall–Kier alpha value is -1.93. The van der Waals surface area contributed by atoms with Gasteiger partial charge in [-0.3, -0.25) is 9.59 Å². The topological polar surface area (TPSA) is 110 Å². The molecule has 0 saturated carbocycles. The van der Waals surface area contributed by atoms with Crippen molar-refractivity contribution in [1.29, 1.82) is 0 Å². The number of ether oxygens (including phenoxy) is 1. The van der Waals surface area contributed by atoms with E-state index in [1.165, 1.54) is 19.2 Å². The highest BCUT2D eigenvalue weighted by atomic mass is 32.2. The van der Waals surface area contributed by atoms with Crippen molar-refractivity contribution in [2.75, 3.05) is 7.11 Å². The maximum absolute atomic E-state index is 12.2. The molecule has 0 aliphatic heterocycles. The van der Waals surface area contributed by atoms with Crippen LogP contribution >= 0.6 is 0 Å². The number of sulfonamides is 1. The number of carbonyl (C=O) groups excluding carboxylic acids is 1. The molecule has 122 valence electrons. The Balaban J connectivity index is 2.84. The van der Waals surface area contributed by atoms with Crippen molar-refractivity contribution < 1.29 is 27.9 Å². The number of rotatable bonds is 8. The molecule has 1 aromatic rings. The lowest BCUT2D eigenvalue weighted by Gasteiger charge is -2.16. The lowest BCUT2D eigenvalue weighted by atomic mass is 10.1. The van der Waals surface area contributed by atoms with Crippen LogP contribution in [0.4, 0.5) is 0 Å². The van der Waals surface area contributed by atoms with Gasteiger partial charge in [-0.25, -0.2) is 13.1 Å². The third-order valence-electron chi connectivity index (χ3n) is 3.00. The van der Waals surface area contributed by atoms with Gasteiger partial charge in [0.1, 0.15) is 0 Å². The number of nitrogens with one attached hydrogen (secondary N) is 1. The van der Waals surface area contributed by atoms with E-state index in [0.29, 0.717) is 0 Å². The molecule has 1 rings (SSSR count). The van der Waals surface area contributed by atoms with E-state index in [2.05, 4.69) is 9.46 Å². The summed E-state index contributed by atoms with van der Waals surface area (Å²) in [5.41, 5.74) is 0.909. The number of carbonyl (C=O) groups is 2. The third-order valence-corrected chi connectivity index (χ3v) is 4.54. The summed E-state index contributed by atoms with van der Waals surface area (Å²) in [4.78, 5) is 22.0. The fourth-order valence-corrected chi connectivity index (χ4v) is 3.08. The molecule has 0 spiro atoms. The number of aliphatic carboxylic acids is 1. The van der Waals surface area contributed by atoms with Crippen LogP contribution in [0.25, 0.3) is 0 Å². The molecule has 1 unspecified atom stereocenters. The molecule has 0 fully saturated rings. The first-order chi connectivity index (χ1) is 10.2. The van der Waals surface area contributed by atoms with Crippen LogP contribution in [0.2, 0.25) is 0 Å². The van der Waals surface area contributed by atoms with Crippen molar-refractivity contribution >= 4 is 22.0 Å². The number of benzene rings is 1. The van der Waals surface area contributed by atoms with E-state index in [-0.39, 0.29) is 17.7 Å². The molecule has 22 heavy (non-hydrogen) atoms. The Morgan fingerprint density at radius 1 is 1.27 bits per heavy atom. The maximum Gasteiger partial charge on any atom is 0.305 e. The molecular formula is C14H19NO6S. The molecule has 0 aromatic heterocycles. The van der Waals surface area contributed by atoms with Crippen LogP contribution < -0.4 is 4.72 Å². The van der Waals surface area contributed by atoms with E-state index in [4.69, 9.17) is 5.11 Å². The van der Waals surface area contributed by atoms with Gasteiger partial charge in [0, 0.05) is 12.5 Å². The summed E-state index contributed by atoms with van der Waals surface area (Å²) in [6, 6.07) is 5.29. The number of carboxylic acids is 1. The van der Waals surface area contributed by atoms with E-state index in [1.54, 1.807) is 12.1 Å². The Morgan fingerprint density at radius 3 is 2.36 bits per heavy atom. The summed E-state index contributed by atoms with van der Waals surface area (Å²) < 4.78 is 31.3. The molecule has 0 aliphatic rings. The van der Waals surface area contributed by atoms with Crippen molar-refractivity contribution in [3.05, 3.63) is 29.8 Å². The zero-order chi connectivity index (χ0) is 16.8. The molecule has 0 heterocycles. The van der Waals surface area contributed by atoms with Gasteiger partial charge in [0.25, 0.3) is 0 Å². The molecule has 0 radical (unpaired) electrons. The van der Waals surface area contributed by atoms with Crippen molar-refractivity contribution in [3.8, 4) is 0 Å². The smallest absolute Gasteiger partial charge is 0.305 e. The van der Waals surface area contributed by atoms with E-state index in [0.717, 1.165) is 5.56 Å². The molecule has 1 aromatic carbocycles. The van der Waals surface area contributed by atoms with E-state index in [1.807, 2.05) is 6.92 Å². The standard InChI is InChI=1S/C14H19NO6S/c1-10-3-6-12(7-4-10)22(19,20)15-11(9-13(16)17)5-8-14(18)21-2/h3-4,6-7,11,15H,5,8-9H2,1-2H3,(H,16,17). The number of hydrogen-bond acceptors (Lipinski definition) is 5. The van der Waals surface area contributed by atoms with Gasteiger partial charge in [0.2, 0.25) is 10.0 Å². The molecular weight excluding hydrogens is 310 g/mol. The Bertz CT molecular complexity index is 623. The van der Waals surface area contributed by atoms with Gasteiger partial charge in [-0.1, -0.05) is 17.7 Å². The summed E-state index contributed by atoms with van der Waals surface area (Å²) in [6.07, 6.45) is -0.434. The van der Waals surface area contributed by atoms with Crippen molar-refractivity contribution in [2.24, 2.45) is 0 Å². The van der Waals surface area contributed by atoms with Gasteiger partial charge in [-0.2, -0.15) is 0 Å². The Morgan fingerprint density at radius 2 is 1.86 bits per heavy atom. The van der Waals surface area contributed by atoms with E-state index >= 15 is 0 Å². The second-order valence-electron chi connectivity index (χ2n) is 4.84. The number of esters is 1. The minimum absolute atomic E-state index is 0.0457. The second-order valence-corrected chi connectivity index (χ2v) is 6.56. The predicted octanol–water partition coefficient (Wildman–Crippen LogP) is 1.07. The highest BCUT2D eigenvalue weighted by molar-refractivity contribution is 7.89. The molecule has 0 saturated heterocycles. The van der Waals surface area contributed by atoms with Crippen LogP contribution in [0.3, 0.4) is 0 Å². The number of methoxy groups -OCH3 is 1. The Labute approximate surface area is 129 Å². The first-order valence-corrected chi connectivity index (χ1v) is 8.10. The highest BCUT2D eigenvalue weighted by Crippen LogP contribution is 2.13. The number of aryl methyl sites for hydroxylation is 1. The normalized spacial score (nSPS) is 12.6.